The van der Waals surface area contributed by atoms with E-state index >= 15 is 0 Å². The first-order chi connectivity index (χ1) is 19.2. The van der Waals surface area contributed by atoms with Crippen LogP contribution in [0.4, 0.5) is 5.82 Å². The summed E-state index contributed by atoms with van der Waals surface area (Å²) in [7, 11) is 0. The molecule has 0 aliphatic carbocycles. The van der Waals surface area contributed by atoms with Gasteiger partial charge < -0.3 is 9.84 Å². The van der Waals surface area contributed by atoms with Crippen molar-refractivity contribution in [3.8, 4) is 22.9 Å². The lowest BCUT2D eigenvalue weighted by molar-refractivity contribution is 0.102. The molecule has 40 heavy (non-hydrogen) atoms. The molecule has 0 saturated heterocycles. The number of nitrogens with zero attached hydrogens (tertiary/aromatic N) is 6. The average Bonchev–Trinajstić information content (AvgIpc) is 3.62. The normalized spacial score (nSPS) is 11.3. The second-order valence-electron chi connectivity index (χ2n) is 9.43. The zero-order valence-corrected chi connectivity index (χ0v) is 22.7. The fourth-order valence-corrected chi connectivity index (χ4v) is 4.68. The number of rotatable bonds is 5. The van der Waals surface area contributed by atoms with Gasteiger partial charge in [0.1, 0.15) is 28.2 Å². The third kappa shape index (κ3) is 4.26. The van der Waals surface area contributed by atoms with E-state index in [0.29, 0.717) is 38.8 Å². The topological polar surface area (TPSA) is 137 Å². The van der Waals surface area contributed by atoms with Crippen LogP contribution < -0.4 is 10.9 Å². The molecule has 2 N–H and O–H groups in total. The van der Waals surface area contributed by atoms with Gasteiger partial charge in [0.2, 0.25) is 5.95 Å². The third-order valence-corrected chi connectivity index (χ3v) is 6.98. The molecule has 0 radical (unpaired) electrons. The summed E-state index contributed by atoms with van der Waals surface area (Å²) >= 11 is 6.36. The Hall–Kier alpha value is -5.03. The Morgan fingerprint density at radius 1 is 1.02 bits per heavy atom. The number of aromatic nitrogens is 7. The van der Waals surface area contributed by atoms with Gasteiger partial charge in [-0.3, -0.25) is 14.6 Å². The van der Waals surface area contributed by atoms with Gasteiger partial charge in [0, 0.05) is 11.6 Å². The summed E-state index contributed by atoms with van der Waals surface area (Å²) < 4.78 is 8.32. The molecule has 200 valence electrons. The fraction of sp³-hybridized carbons (Fsp3) is 0.143. The number of carbonyl (C=O) groups is 1. The summed E-state index contributed by atoms with van der Waals surface area (Å²) in [4.78, 5) is 34.0. The second kappa shape index (κ2) is 9.62. The molecule has 0 aliphatic rings. The van der Waals surface area contributed by atoms with Crippen molar-refractivity contribution in [2.45, 2.75) is 27.7 Å². The van der Waals surface area contributed by atoms with Crippen molar-refractivity contribution in [1.29, 1.82) is 0 Å². The quantitative estimate of drug-likeness (QED) is 0.303. The third-order valence-electron chi connectivity index (χ3n) is 6.65. The summed E-state index contributed by atoms with van der Waals surface area (Å²) in [6, 6.07) is 14.6. The Balaban J connectivity index is 1.42. The SMILES string of the molecule is Cc1cc(NC(=O)c2c(-c3ccccc3Cl)noc2C)n(-c2nc3c(cnn3-c3ccc(C)c(C)c3)c(=O)[nH]2)n1. The van der Waals surface area contributed by atoms with Crippen molar-refractivity contribution in [1.82, 2.24) is 34.7 Å². The van der Waals surface area contributed by atoms with Crippen LogP contribution in [0.25, 0.3) is 33.9 Å². The monoisotopic (exact) mass is 554 g/mol. The van der Waals surface area contributed by atoms with Gasteiger partial charge in [-0.25, -0.2) is 4.68 Å². The van der Waals surface area contributed by atoms with Crippen LogP contribution in [0, 0.1) is 27.7 Å². The van der Waals surface area contributed by atoms with E-state index in [1.807, 2.05) is 32.0 Å². The molecule has 0 atom stereocenters. The average molecular weight is 555 g/mol. The van der Waals surface area contributed by atoms with E-state index in [-0.39, 0.29) is 17.3 Å². The van der Waals surface area contributed by atoms with Crippen LogP contribution >= 0.6 is 11.6 Å². The highest BCUT2D eigenvalue weighted by Crippen LogP contribution is 2.31. The number of fused-ring (bicyclic) bond motifs is 1. The molecule has 4 heterocycles. The van der Waals surface area contributed by atoms with E-state index in [0.717, 1.165) is 16.8 Å². The van der Waals surface area contributed by atoms with E-state index in [1.54, 1.807) is 48.9 Å². The highest BCUT2D eigenvalue weighted by atomic mass is 35.5. The zero-order chi connectivity index (χ0) is 28.1. The minimum Gasteiger partial charge on any atom is -0.360 e. The molecule has 0 aliphatic heterocycles. The molecule has 4 aromatic heterocycles. The van der Waals surface area contributed by atoms with Crippen molar-refractivity contribution in [3.05, 3.63) is 98.2 Å². The molecule has 11 nitrogen and oxygen atoms in total. The molecule has 1 amide bonds. The van der Waals surface area contributed by atoms with Crippen LogP contribution in [-0.4, -0.2) is 40.6 Å². The maximum absolute atomic E-state index is 13.5. The molecule has 2 aromatic carbocycles. The Labute approximate surface area is 232 Å². The zero-order valence-electron chi connectivity index (χ0n) is 22.0. The number of aryl methyl sites for hydroxylation is 4. The number of benzene rings is 2. The molecule has 0 bridgehead atoms. The van der Waals surface area contributed by atoms with E-state index in [2.05, 4.69) is 30.6 Å². The minimum atomic E-state index is -0.488. The van der Waals surface area contributed by atoms with Crippen molar-refractivity contribution >= 4 is 34.4 Å². The molecular weight excluding hydrogens is 532 g/mol. The smallest absolute Gasteiger partial charge is 0.263 e. The van der Waals surface area contributed by atoms with Gasteiger partial charge in [0.25, 0.3) is 11.5 Å². The summed E-state index contributed by atoms with van der Waals surface area (Å²) in [6.07, 6.45) is 1.47. The van der Waals surface area contributed by atoms with E-state index in [1.165, 1.54) is 10.9 Å². The van der Waals surface area contributed by atoms with Crippen LogP contribution in [0.15, 0.2) is 64.0 Å². The Morgan fingerprint density at radius 2 is 1.82 bits per heavy atom. The van der Waals surface area contributed by atoms with E-state index in [9.17, 15) is 9.59 Å². The molecule has 0 unspecified atom stereocenters. The molecule has 0 saturated carbocycles. The summed E-state index contributed by atoms with van der Waals surface area (Å²) in [5, 5.41) is 16.6. The highest BCUT2D eigenvalue weighted by Gasteiger charge is 2.25. The predicted octanol–water partition coefficient (Wildman–Crippen LogP) is 5.09. The molecular formula is C28H23ClN8O3. The number of anilines is 1. The second-order valence-corrected chi connectivity index (χ2v) is 9.84. The van der Waals surface area contributed by atoms with Gasteiger partial charge in [-0.05, 0) is 57.0 Å². The van der Waals surface area contributed by atoms with Crippen LogP contribution in [0.2, 0.25) is 5.02 Å². The molecule has 0 spiro atoms. The number of H-pyrrole nitrogens is 1. The lowest BCUT2D eigenvalue weighted by Crippen LogP contribution is -2.19. The van der Waals surface area contributed by atoms with Gasteiger partial charge in [-0.2, -0.15) is 19.9 Å². The largest absolute Gasteiger partial charge is 0.360 e. The summed E-state index contributed by atoms with van der Waals surface area (Å²) in [5.74, 6) is 0.228. The number of carbonyl (C=O) groups excluding carboxylic acids is 1. The van der Waals surface area contributed by atoms with Crippen molar-refractivity contribution in [2.24, 2.45) is 0 Å². The number of aromatic amines is 1. The summed E-state index contributed by atoms with van der Waals surface area (Å²) in [5.41, 5.74) is 4.64. The van der Waals surface area contributed by atoms with Crippen LogP contribution in [-0.2, 0) is 0 Å². The van der Waals surface area contributed by atoms with Crippen LogP contribution in [0.1, 0.15) is 32.9 Å². The van der Waals surface area contributed by atoms with Crippen molar-refractivity contribution in [2.75, 3.05) is 5.32 Å². The number of amides is 1. The van der Waals surface area contributed by atoms with Crippen LogP contribution in [0.3, 0.4) is 0 Å². The van der Waals surface area contributed by atoms with Gasteiger partial charge in [-0.1, -0.05) is 41.0 Å². The van der Waals surface area contributed by atoms with Crippen LogP contribution in [0.5, 0.6) is 0 Å². The first-order valence-electron chi connectivity index (χ1n) is 12.4. The Bertz CT molecular complexity index is 2000. The maximum Gasteiger partial charge on any atom is 0.263 e. The highest BCUT2D eigenvalue weighted by molar-refractivity contribution is 6.33. The number of nitrogens with one attached hydrogen (secondary N) is 2. The van der Waals surface area contributed by atoms with Crippen molar-refractivity contribution in [3.63, 3.8) is 0 Å². The summed E-state index contributed by atoms with van der Waals surface area (Å²) in [6.45, 7) is 7.44. The van der Waals surface area contributed by atoms with Crippen molar-refractivity contribution < 1.29 is 9.32 Å². The predicted molar refractivity (Wildman–Crippen MR) is 150 cm³/mol. The lowest BCUT2D eigenvalue weighted by atomic mass is 10.1. The Morgan fingerprint density at radius 3 is 2.60 bits per heavy atom. The molecule has 6 rings (SSSR count). The molecule has 12 heteroatoms. The minimum absolute atomic E-state index is 0.111. The molecule has 6 aromatic rings. The van der Waals surface area contributed by atoms with Gasteiger partial charge >= 0.3 is 0 Å². The number of hydrogen-bond donors (Lipinski definition) is 2. The van der Waals surface area contributed by atoms with E-state index in [4.69, 9.17) is 16.1 Å². The number of halogens is 1. The first-order valence-corrected chi connectivity index (χ1v) is 12.7. The standard InChI is InChI=1S/C28H23ClN8O3/c1-14-9-10-18(11-15(14)2)36-25-20(13-30-36)26(38)33-28(32-25)37-22(12-16(3)34-37)31-27(39)23-17(4)40-35-24(23)19-7-5-6-8-21(19)29/h5-13H,1-4H3,(H,31,39)(H,32,33,38). The van der Waals surface area contributed by atoms with Gasteiger partial charge in [-0.15, -0.1) is 0 Å². The fourth-order valence-electron chi connectivity index (χ4n) is 4.46. The molecule has 0 fully saturated rings. The van der Waals surface area contributed by atoms with E-state index < -0.39 is 11.5 Å². The van der Waals surface area contributed by atoms with Gasteiger partial charge in [0.05, 0.1) is 22.6 Å². The number of hydrogen-bond acceptors (Lipinski definition) is 7. The van der Waals surface area contributed by atoms with Gasteiger partial charge in [0.15, 0.2) is 5.65 Å². The maximum atomic E-state index is 13.5. The lowest BCUT2D eigenvalue weighted by Gasteiger charge is -2.10. The Kier molecular flexibility index (Phi) is 6.07. The first kappa shape index (κ1) is 25.3.